The van der Waals surface area contributed by atoms with Gasteiger partial charge in [0.15, 0.2) is 0 Å². The molecule has 0 saturated carbocycles. The van der Waals surface area contributed by atoms with Crippen molar-refractivity contribution in [2.45, 2.75) is 25.8 Å². The minimum absolute atomic E-state index is 0.155. The first-order valence-corrected chi connectivity index (χ1v) is 6.24. The van der Waals surface area contributed by atoms with E-state index in [4.69, 9.17) is 10.5 Å². The van der Waals surface area contributed by atoms with Gasteiger partial charge in [-0.1, -0.05) is 19.1 Å². The zero-order chi connectivity index (χ0) is 12.7. The maximum absolute atomic E-state index is 5.99. The van der Waals surface area contributed by atoms with Gasteiger partial charge in [0.2, 0.25) is 0 Å². The molecule has 2 N–H and O–H groups in total. The summed E-state index contributed by atoms with van der Waals surface area (Å²) in [4.78, 5) is 2.24. The number of nitrogens with two attached hydrogens (primary N) is 1. The van der Waals surface area contributed by atoms with Gasteiger partial charge in [0.05, 0.1) is 0 Å². The number of ether oxygens (including phenoxy) is 1. The van der Waals surface area contributed by atoms with E-state index in [2.05, 4.69) is 43.1 Å². The Morgan fingerprint density at radius 2 is 1.94 bits per heavy atom. The summed E-state index contributed by atoms with van der Waals surface area (Å²) < 4.78 is 5.05. The second-order valence-corrected chi connectivity index (χ2v) is 4.37. The van der Waals surface area contributed by atoms with Crippen molar-refractivity contribution in [3.8, 4) is 0 Å². The summed E-state index contributed by atoms with van der Waals surface area (Å²) in [5.41, 5.74) is 8.43. The maximum atomic E-state index is 5.99. The minimum Gasteiger partial charge on any atom is -0.385 e. The SMILES string of the molecule is CC[C@@H](N)c1ccc(N(C)CCCOC)cc1. The molecule has 3 heteroatoms. The average Bonchev–Trinajstić information content (AvgIpc) is 2.38. The Morgan fingerprint density at radius 3 is 2.47 bits per heavy atom. The summed E-state index contributed by atoms with van der Waals surface area (Å²) in [6.45, 7) is 3.92. The van der Waals surface area contributed by atoms with Crippen LogP contribution in [-0.2, 0) is 4.74 Å². The lowest BCUT2D eigenvalue weighted by Gasteiger charge is -2.20. The zero-order valence-electron chi connectivity index (χ0n) is 11.1. The van der Waals surface area contributed by atoms with Crippen molar-refractivity contribution in [1.29, 1.82) is 0 Å². The van der Waals surface area contributed by atoms with Crippen LogP contribution in [0.4, 0.5) is 5.69 Å². The molecule has 0 aliphatic heterocycles. The first-order valence-electron chi connectivity index (χ1n) is 6.24. The van der Waals surface area contributed by atoms with Gasteiger partial charge in [-0.05, 0) is 30.5 Å². The molecular weight excluding hydrogens is 212 g/mol. The molecule has 0 unspecified atom stereocenters. The second-order valence-electron chi connectivity index (χ2n) is 4.37. The highest BCUT2D eigenvalue weighted by molar-refractivity contribution is 5.47. The van der Waals surface area contributed by atoms with E-state index in [0.29, 0.717) is 0 Å². The second kappa shape index (κ2) is 7.30. The molecule has 1 aromatic rings. The van der Waals surface area contributed by atoms with E-state index in [9.17, 15) is 0 Å². The number of benzene rings is 1. The van der Waals surface area contributed by atoms with Crippen LogP contribution in [0.5, 0.6) is 0 Å². The molecule has 0 heterocycles. The predicted molar refractivity (Wildman–Crippen MR) is 73.4 cm³/mol. The summed E-state index contributed by atoms with van der Waals surface area (Å²) in [6.07, 6.45) is 2.02. The van der Waals surface area contributed by atoms with Gasteiger partial charge in [0.25, 0.3) is 0 Å². The molecule has 0 aromatic heterocycles. The molecule has 96 valence electrons. The van der Waals surface area contributed by atoms with E-state index < -0.39 is 0 Å². The van der Waals surface area contributed by atoms with Crippen molar-refractivity contribution in [1.82, 2.24) is 0 Å². The molecule has 0 aliphatic rings. The van der Waals surface area contributed by atoms with Crippen LogP contribution in [0.25, 0.3) is 0 Å². The number of anilines is 1. The van der Waals surface area contributed by atoms with Crippen LogP contribution >= 0.6 is 0 Å². The standard InChI is InChI=1S/C14H24N2O/c1-4-14(15)12-6-8-13(9-7-12)16(2)10-5-11-17-3/h6-9,14H,4-5,10-11,15H2,1-3H3/t14-/m1/s1. The molecule has 0 fully saturated rings. The summed E-state index contributed by atoms with van der Waals surface area (Å²) in [6, 6.07) is 8.67. The molecule has 1 aromatic carbocycles. The number of rotatable bonds is 7. The Labute approximate surface area is 105 Å². The highest BCUT2D eigenvalue weighted by Gasteiger charge is 2.04. The molecule has 0 aliphatic carbocycles. The van der Waals surface area contributed by atoms with Gasteiger partial charge in [0.1, 0.15) is 0 Å². The van der Waals surface area contributed by atoms with E-state index in [1.165, 1.54) is 11.3 Å². The van der Waals surface area contributed by atoms with Gasteiger partial charge in [0, 0.05) is 39.0 Å². The normalized spacial score (nSPS) is 12.5. The maximum Gasteiger partial charge on any atom is 0.0479 e. The van der Waals surface area contributed by atoms with Crippen molar-refractivity contribution in [2.24, 2.45) is 5.73 Å². The summed E-state index contributed by atoms with van der Waals surface area (Å²) in [5, 5.41) is 0. The topological polar surface area (TPSA) is 38.5 Å². The third-order valence-corrected chi connectivity index (χ3v) is 3.04. The smallest absolute Gasteiger partial charge is 0.0479 e. The lowest BCUT2D eigenvalue weighted by Crippen LogP contribution is -2.19. The Hall–Kier alpha value is -1.06. The summed E-state index contributed by atoms with van der Waals surface area (Å²) >= 11 is 0. The van der Waals surface area contributed by atoms with Gasteiger partial charge in [-0.2, -0.15) is 0 Å². The molecule has 1 atom stereocenters. The molecule has 0 bridgehead atoms. The van der Waals surface area contributed by atoms with Crippen LogP contribution < -0.4 is 10.6 Å². The Kier molecular flexibility index (Phi) is 6.01. The third kappa shape index (κ3) is 4.36. The third-order valence-electron chi connectivity index (χ3n) is 3.04. The Balaban J connectivity index is 2.54. The largest absolute Gasteiger partial charge is 0.385 e. The van der Waals surface area contributed by atoms with Crippen molar-refractivity contribution in [2.75, 3.05) is 32.2 Å². The molecule has 17 heavy (non-hydrogen) atoms. The van der Waals surface area contributed by atoms with Crippen molar-refractivity contribution >= 4 is 5.69 Å². The van der Waals surface area contributed by atoms with Crippen molar-refractivity contribution in [3.05, 3.63) is 29.8 Å². The fourth-order valence-corrected chi connectivity index (χ4v) is 1.79. The molecule has 3 nitrogen and oxygen atoms in total. The first kappa shape index (κ1) is 14.0. The van der Waals surface area contributed by atoms with E-state index >= 15 is 0 Å². The van der Waals surface area contributed by atoms with Crippen LogP contribution in [0.1, 0.15) is 31.4 Å². The lowest BCUT2D eigenvalue weighted by molar-refractivity contribution is 0.196. The number of hydrogen-bond donors (Lipinski definition) is 1. The molecule has 0 spiro atoms. The quantitative estimate of drug-likeness (QED) is 0.739. The van der Waals surface area contributed by atoms with Crippen LogP contribution in [0.3, 0.4) is 0 Å². The Bertz CT molecular complexity index is 311. The number of methoxy groups -OCH3 is 1. The molecule has 0 radical (unpaired) electrons. The van der Waals surface area contributed by atoms with Gasteiger partial charge >= 0.3 is 0 Å². The molecular formula is C14H24N2O. The van der Waals surface area contributed by atoms with Crippen LogP contribution in [0.2, 0.25) is 0 Å². The lowest BCUT2D eigenvalue weighted by atomic mass is 10.1. The van der Waals surface area contributed by atoms with E-state index in [-0.39, 0.29) is 6.04 Å². The van der Waals surface area contributed by atoms with Crippen LogP contribution in [-0.4, -0.2) is 27.3 Å². The number of nitrogens with zero attached hydrogens (tertiary/aromatic N) is 1. The zero-order valence-corrected chi connectivity index (χ0v) is 11.1. The highest BCUT2D eigenvalue weighted by atomic mass is 16.5. The fourth-order valence-electron chi connectivity index (χ4n) is 1.79. The number of hydrogen-bond acceptors (Lipinski definition) is 3. The van der Waals surface area contributed by atoms with Crippen molar-refractivity contribution in [3.63, 3.8) is 0 Å². The first-order chi connectivity index (χ1) is 8.19. The average molecular weight is 236 g/mol. The van der Waals surface area contributed by atoms with E-state index in [0.717, 1.165) is 26.0 Å². The fraction of sp³-hybridized carbons (Fsp3) is 0.571. The van der Waals surface area contributed by atoms with Crippen LogP contribution in [0.15, 0.2) is 24.3 Å². The Morgan fingerprint density at radius 1 is 1.29 bits per heavy atom. The monoisotopic (exact) mass is 236 g/mol. The molecule has 1 rings (SSSR count). The van der Waals surface area contributed by atoms with Gasteiger partial charge < -0.3 is 15.4 Å². The minimum atomic E-state index is 0.155. The predicted octanol–water partition coefficient (Wildman–Crippen LogP) is 2.57. The molecule has 0 saturated heterocycles. The van der Waals surface area contributed by atoms with E-state index in [1.54, 1.807) is 7.11 Å². The van der Waals surface area contributed by atoms with Crippen molar-refractivity contribution < 1.29 is 4.74 Å². The van der Waals surface area contributed by atoms with Crippen LogP contribution in [0, 0.1) is 0 Å². The molecule has 0 amide bonds. The summed E-state index contributed by atoms with van der Waals surface area (Å²) in [5.74, 6) is 0. The van der Waals surface area contributed by atoms with Gasteiger partial charge in [-0.15, -0.1) is 0 Å². The summed E-state index contributed by atoms with van der Waals surface area (Å²) in [7, 11) is 3.84. The highest BCUT2D eigenvalue weighted by Crippen LogP contribution is 2.19. The van der Waals surface area contributed by atoms with E-state index in [1.807, 2.05) is 0 Å². The van der Waals surface area contributed by atoms with Gasteiger partial charge in [-0.25, -0.2) is 0 Å². The van der Waals surface area contributed by atoms with Gasteiger partial charge in [-0.3, -0.25) is 0 Å².